The Morgan fingerprint density at radius 3 is 1.36 bits per heavy atom. The number of allylic oxidation sites excluding steroid dienone is 9. The maximum absolute atomic E-state index is 13.1. The van der Waals surface area contributed by atoms with Gasteiger partial charge >= 0.3 is 5.97 Å². The van der Waals surface area contributed by atoms with Crippen molar-refractivity contribution in [2.45, 2.75) is 238 Å². The van der Waals surface area contributed by atoms with Gasteiger partial charge in [-0.05, 0) is 51.0 Å². The highest BCUT2D eigenvalue weighted by Gasteiger charge is 2.23. The zero-order valence-electron chi connectivity index (χ0n) is 36.8. The first-order chi connectivity index (χ1) is 27.5. The highest BCUT2D eigenvalue weighted by molar-refractivity contribution is 5.78. The zero-order valence-corrected chi connectivity index (χ0v) is 36.8. The lowest BCUT2D eigenvalue weighted by molar-refractivity contribution is -0.148. The molecule has 0 aliphatic rings. The molecule has 324 valence electrons. The summed E-state index contributed by atoms with van der Waals surface area (Å²) in [7, 11) is 0. The summed E-state index contributed by atoms with van der Waals surface area (Å²) in [5, 5.41) is 23.5. The molecule has 0 radical (unpaired) electrons. The van der Waals surface area contributed by atoms with Crippen LogP contribution in [0.2, 0.25) is 0 Å². The standard InChI is InChI=1S/C50H89NO5/c1-4-7-10-13-16-19-21-23-25-27-30-32-35-38-41-46(56-50(55)43-40-37-34-31-28-26-24-22-20-17-14-11-8-5-2)44-49(54)51-47(45-52)48(53)42-39-36-33-29-18-15-12-9-6-3/h7,10,16,19,23,25,30,32,38,41,46-48,52-53H,4-6,8-9,11-15,17-18,20-22,24,26-29,31,33-37,39-40,42-45H2,1-3H3,(H,51,54)/b10-7+,19-16+,25-23+,32-30+,41-38+. The lowest BCUT2D eigenvalue weighted by Gasteiger charge is -2.23. The van der Waals surface area contributed by atoms with Crippen molar-refractivity contribution in [3.63, 3.8) is 0 Å². The summed E-state index contributed by atoms with van der Waals surface area (Å²) in [5.41, 5.74) is 0. The van der Waals surface area contributed by atoms with E-state index in [1.807, 2.05) is 6.08 Å². The van der Waals surface area contributed by atoms with E-state index < -0.39 is 18.2 Å². The quantitative estimate of drug-likeness (QED) is 0.0326. The molecule has 3 unspecified atom stereocenters. The molecule has 0 aliphatic heterocycles. The number of unbranched alkanes of at least 4 members (excludes halogenated alkanes) is 21. The number of carbonyl (C=O) groups excluding carboxylic acids is 2. The molecular weight excluding hydrogens is 695 g/mol. The fourth-order valence-electron chi connectivity index (χ4n) is 6.80. The molecule has 0 bridgehead atoms. The third-order valence-corrected chi connectivity index (χ3v) is 10.4. The summed E-state index contributed by atoms with van der Waals surface area (Å²) in [6, 6.07) is -0.739. The van der Waals surface area contributed by atoms with Gasteiger partial charge in [0, 0.05) is 6.42 Å². The van der Waals surface area contributed by atoms with E-state index in [0.717, 1.165) is 64.2 Å². The van der Waals surface area contributed by atoms with E-state index in [9.17, 15) is 19.8 Å². The van der Waals surface area contributed by atoms with Crippen LogP contribution in [0, 0.1) is 0 Å². The molecule has 1 amide bonds. The number of carbonyl (C=O) groups is 2. The molecule has 0 aliphatic carbocycles. The van der Waals surface area contributed by atoms with Gasteiger partial charge in [-0.25, -0.2) is 0 Å². The molecule has 6 nitrogen and oxygen atoms in total. The van der Waals surface area contributed by atoms with E-state index in [4.69, 9.17) is 4.74 Å². The SMILES string of the molecule is CC/C=C/C/C=C/C/C=C/C/C=C/C/C=C/C(CC(=O)NC(CO)C(O)CCCCCCCCCCC)OC(=O)CCCCCCCCCCCCCCCC. The molecule has 0 fully saturated rings. The molecule has 0 aromatic carbocycles. The highest BCUT2D eigenvalue weighted by atomic mass is 16.5. The average molecular weight is 784 g/mol. The number of hydrogen-bond donors (Lipinski definition) is 3. The van der Waals surface area contributed by atoms with Gasteiger partial charge in [0.1, 0.15) is 6.10 Å². The lowest BCUT2D eigenvalue weighted by atomic mass is 10.0. The van der Waals surface area contributed by atoms with E-state index in [2.05, 4.69) is 74.7 Å². The van der Waals surface area contributed by atoms with Crippen LogP contribution in [0.4, 0.5) is 0 Å². The van der Waals surface area contributed by atoms with E-state index in [0.29, 0.717) is 19.3 Å². The van der Waals surface area contributed by atoms with Crippen LogP contribution in [-0.4, -0.2) is 46.9 Å². The van der Waals surface area contributed by atoms with Crippen LogP contribution in [0.1, 0.15) is 220 Å². The molecule has 0 aromatic rings. The van der Waals surface area contributed by atoms with Crippen LogP contribution in [-0.2, 0) is 14.3 Å². The zero-order chi connectivity index (χ0) is 41.0. The molecule has 0 saturated heterocycles. The van der Waals surface area contributed by atoms with Crippen molar-refractivity contribution in [3.8, 4) is 0 Å². The van der Waals surface area contributed by atoms with Crippen molar-refractivity contribution in [2.24, 2.45) is 0 Å². The summed E-state index contributed by atoms with van der Waals surface area (Å²) in [6.07, 6.45) is 53.1. The average Bonchev–Trinajstić information content (AvgIpc) is 3.19. The minimum atomic E-state index is -0.816. The van der Waals surface area contributed by atoms with Gasteiger partial charge in [-0.2, -0.15) is 0 Å². The Morgan fingerprint density at radius 1 is 0.536 bits per heavy atom. The number of aliphatic hydroxyl groups is 2. The first-order valence-corrected chi connectivity index (χ1v) is 23.5. The first kappa shape index (κ1) is 53.6. The summed E-state index contributed by atoms with van der Waals surface area (Å²) >= 11 is 0. The lowest BCUT2D eigenvalue weighted by Crippen LogP contribution is -2.46. The van der Waals surface area contributed by atoms with Gasteiger partial charge in [-0.15, -0.1) is 0 Å². The van der Waals surface area contributed by atoms with Crippen LogP contribution in [0.3, 0.4) is 0 Å². The van der Waals surface area contributed by atoms with E-state index in [1.165, 1.54) is 109 Å². The molecular formula is C50H89NO5. The number of ether oxygens (including phenoxy) is 1. The van der Waals surface area contributed by atoms with Crippen LogP contribution in [0.25, 0.3) is 0 Å². The van der Waals surface area contributed by atoms with Crippen molar-refractivity contribution in [1.29, 1.82) is 0 Å². The maximum atomic E-state index is 13.1. The summed E-state index contributed by atoms with van der Waals surface area (Å²) in [6.45, 7) is 6.30. The Labute approximate surface area is 346 Å². The van der Waals surface area contributed by atoms with Gasteiger partial charge < -0.3 is 20.3 Å². The smallest absolute Gasteiger partial charge is 0.306 e. The third kappa shape index (κ3) is 38.4. The number of esters is 1. The fourth-order valence-corrected chi connectivity index (χ4v) is 6.80. The van der Waals surface area contributed by atoms with Crippen molar-refractivity contribution in [3.05, 3.63) is 60.8 Å². The summed E-state index contributed by atoms with van der Waals surface area (Å²) < 4.78 is 5.80. The molecule has 3 atom stereocenters. The van der Waals surface area contributed by atoms with Crippen molar-refractivity contribution in [2.75, 3.05) is 6.61 Å². The predicted octanol–water partition coefficient (Wildman–Crippen LogP) is 13.7. The second-order valence-electron chi connectivity index (χ2n) is 15.8. The van der Waals surface area contributed by atoms with Crippen molar-refractivity contribution in [1.82, 2.24) is 5.32 Å². The van der Waals surface area contributed by atoms with E-state index in [1.54, 1.807) is 6.08 Å². The van der Waals surface area contributed by atoms with Crippen molar-refractivity contribution >= 4 is 11.9 Å². The number of aliphatic hydroxyl groups excluding tert-OH is 2. The number of amides is 1. The molecule has 0 aromatic heterocycles. The Bertz CT molecular complexity index is 1010. The van der Waals surface area contributed by atoms with Gasteiger partial charge in [-0.1, -0.05) is 217 Å². The van der Waals surface area contributed by atoms with Crippen LogP contribution < -0.4 is 5.32 Å². The number of hydrogen-bond acceptors (Lipinski definition) is 5. The highest BCUT2D eigenvalue weighted by Crippen LogP contribution is 2.16. The molecule has 6 heteroatoms. The maximum Gasteiger partial charge on any atom is 0.306 e. The van der Waals surface area contributed by atoms with Crippen LogP contribution in [0.15, 0.2) is 60.8 Å². The van der Waals surface area contributed by atoms with Gasteiger partial charge in [0.2, 0.25) is 5.91 Å². The van der Waals surface area contributed by atoms with Crippen LogP contribution in [0.5, 0.6) is 0 Å². The topological polar surface area (TPSA) is 95.9 Å². The second kappa shape index (κ2) is 43.7. The first-order valence-electron chi connectivity index (χ1n) is 23.5. The molecule has 0 heterocycles. The summed E-state index contributed by atoms with van der Waals surface area (Å²) in [5.74, 6) is -0.628. The van der Waals surface area contributed by atoms with Gasteiger partial charge in [0.25, 0.3) is 0 Å². The van der Waals surface area contributed by atoms with Gasteiger partial charge in [-0.3, -0.25) is 9.59 Å². The molecule has 0 saturated carbocycles. The fraction of sp³-hybridized carbons (Fsp3) is 0.760. The second-order valence-corrected chi connectivity index (χ2v) is 15.8. The summed E-state index contributed by atoms with van der Waals surface area (Å²) in [4.78, 5) is 25.9. The Balaban J connectivity index is 4.75. The third-order valence-electron chi connectivity index (χ3n) is 10.4. The predicted molar refractivity (Wildman–Crippen MR) is 241 cm³/mol. The molecule has 0 rings (SSSR count). The molecule has 0 spiro atoms. The molecule has 3 N–H and O–H groups in total. The normalized spacial score (nSPS) is 13.9. The van der Waals surface area contributed by atoms with Gasteiger partial charge in [0.15, 0.2) is 0 Å². The number of nitrogens with one attached hydrogen (secondary N) is 1. The Morgan fingerprint density at radius 2 is 0.929 bits per heavy atom. The largest absolute Gasteiger partial charge is 0.458 e. The monoisotopic (exact) mass is 784 g/mol. The van der Waals surface area contributed by atoms with Gasteiger partial charge in [0.05, 0.1) is 25.2 Å². The van der Waals surface area contributed by atoms with Crippen molar-refractivity contribution < 1.29 is 24.5 Å². The number of rotatable bonds is 41. The minimum absolute atomic E-state index is 0.0452. The minimum Gasteiger partial charge on any atom is -0.458 e. The Kier molecular flexibility index (Phi) is 41.8. The van der Waals surface area contributed by atoms with E-state index in [-0.39, 0.29) is 24.9 Å². The van der Waals surface area contributed by atoms with Crippen LogP contribution >= 0.6 is 0 Å². The van der Waals surface area contributed by atoms with E-state index >= 15 is 0 Å². The molecule has 56 heavy (non-hydrogen) atoms. The Hall–Kier alpha value is -2.44.